The summed E-state index contributed by atoms with van der Waals surface area (Å²) in [5.74, 6) is -3.24. The molecule has 0 aromatic heterocycles. The van der Waals surface area contributed by atoms with Gasteiger partial charge in [-0.1, -0.05) is 0 Å². The van der Waals surface area contributed by atoms with Gasteiger partial charge in [-0.25, -0.2) is 0 Å². The van der Waals surface area contributed by atoms with E-state index in [4.69, 9.17) is 23.7 Å². The van der Waals surface area contributed by atoms with Crippen molar-refractivity contribution >= 4 is 47.3 Å². The van der Waals surface area contributed by atoms with Gasteiger partial charge in [0.2, 0.25) is 0 Å². The molecule has 288 valence electrons. The number of hydrogen-bond acceptors (Lipinski definition) is 13. The van der Waals surface area contributed by atoms with Gasteiger partial charge < -0.3 is 23.7 Å². The van der Waals surface area contributed by atoms with Crippen molar-refractivity contribution in [2.24, 2.45) is 11.8 Å². The topological polar surface area (TPSA) is 196 Å². The molecule has 0 atom stereocenters. The number of rotatable bonds is 28. The van der Waals surface area contributed by atoms with Gasteiger partial charge in [0.25, 0.3) is 47.3 Å². The van der Waals surface area contributed by atoms with Gasteiger partial charge in [-0.2, -0.15) is 0 Å². The number of ether oxygens (including phenoxy) is 5. The van der Waals surface area contributed by atoms with Crippen LogP contribution in [0.1, 0.15) is 25.7 Å². The Morgan fingerprint density at radius 2 is 0.509 bits per heavy atom. The Bertz CT molecular complexity index is 1200. The average Bonchev–Trinajstić information content (AvgIpc) is 3.85. The van der Waals surface area contributed by atoms with Crippen LogP contribution in [0.15, 0.2) is 48.6 Å². The van der Waals surface area contributed by atoms with Gasteiger partial charge in [0, 0.05) is 113 Å². The fraction of sp³-hybridized carbons (Fsp3) is 0.556. The van der Waals surface area contributed by atoms with Crippen LogP contribution in [0.5, 0.6) is 0 Å². The SMILES string of the molecule is O=C1C=CC(=O)N1CCCOCC(COCCCN1C(=O)C=CC1=O)COCC(COCCCN1C(=O)C=CC1=O)COCCCN1C(=O)C=CC1=O. The summed E-state index contributed by atoms with van der Waals surface area (Å²) < 4.78 is 29.5. The molecule has 0 radical (unpaired) electrons. The Morgan fingerprint density at radius 3 is 0.717 bits per heavy atom. The first-order chi connectivity index (χ1) is 25.6. The van der Waals surface area contributed by atoms with Crippen LogP contribution < -0.4 is 0 Å². The number of carbonyl (C=O) groups excluding carboxylic acids is 8. The number of carbonyl (C=O) groups is 8. The maximum Gasteiger partial charge on any atom is 0.253 e. The Kier molecular flexibility index (Phi) is 16.9. The normalized spacial score (nSPS) is 17.1. The summed E-state index contributed by atoms with van der Waals surface area (Å²) in [6.45, 7) is 3.62. The van der Waals surface area contributed by atoms with Gasteiger partial charge in [-0.05, 0) is 25.7 Å². The molecule has 0 saturated carbocycles. The lowest BCUT2D eigenvalue weighted by atomic mass is 10.1. The second-order valence-corrected chi connectivity index (χ2v) is 12.6. The molecule has 8 amide bonds. The van der Waals surface area contributed by atoms with Crippen LogP contribution in [0.2, 0.25) is 0 Å². The molecule has 4 rings (SSSR count). The van der Waals surface area contributed by atoms with Crippen LogP contribution >= 0.6 is 0 Å². The molecule has 0 bridgehead atoms. The molecule has 0 aliphatic carbocycles. The van der Waals surface area contributed by atoms with E-state index < -0.39 is 0 Å². The van der Waals surface area contributed by atoms with Crippen molar-refractivity contribution in [1.29, 1.82) is 0 Å². The predicted molar refractivity (Wildman–Crippen MR) is 183 cm³/mol. The molecule has 0 unspecified atom stereocenters. The van der Waals surface area contributed by atoms with E-state index in [1.165, 1.54) is 48.6 Å². The fourth-order valence-corrected chi connectivity index (χ4v) is 5.60. The molecular weight excluding hydrogens is 696 g/mol. The van der Waals surface area contributed by atoms with Crippen molar-refractivity contribution in [2.75, 3.05) is 92.2 Å². The molecule has 0 N–H and O–H groups in total. The van der Waals surface area contributed by atoms with E-state index in [-0.39, 0.29) is 125 Å². The Hall–Kier alpha value is -4.68. The van der Waals surface area contributed by atoms with Gasteiger partial charge in [0.05, 0.1) is 39.6 Å². The summed E-state index contributed by atoms with van der Waals surface area (Å²) in [4.78, 5) is 99.0. The first-order valence-electron chi connectivity index (χ1n) is 17.7. The minimum absolute atomic E-state index is 0.209. The highest BCUT2D eigenvalue weighted by Gasteiger charge is 2.25. The Morgan fingerprint density at radius 1 is 0.321 bits per heavy atom. The number of amides is 8. The van der Waals surface area contributed by atoms with Crippen LogP contribution in [0, 0.1) is 11.8 Å². The van der Waals surface area contributed by atoms with E-state index in [0.717, 1.165) is 19.6 Å². The average molecular weight is 743 g/mol. The molecule has 4 aliphatic rings. The van der Waals surface area contributed by atoms with Crippen molar-refractivity contribution in [3.05, 3.63) is 48.6 Å². The first-order valence-corrected chi connectivity index (χ1v) is 17.7. The summed E-state index contributed by atoms with van der Waals surface area (Å²) in [6.07, 6.45) is 11.7. The van der Waals surface area contributed by atoms with E-state index in [9.17, 15) is 38.4 Å². The quantitative estimate of drug-likeness (QED) is 0.0740. The third-order valence-electron chi connectivity index (χ3n) is 8.41. The maximum atomic E-state index is 11.8. The zero-order valence-electron chi connectivity index (χ0n) is 29.6. The lowest BCUT2D eigenvalue weighted by Gasteiger charge is -2.22. The van der Waals surface area contributed by atoms with E-state index in [1.807, 2.05) is 0 Å². The van der Waals surface area contributed by atoms with Gasteiger partial charge in [-0.3, -0.25) is 58.0 Å². The smallest absolute Gasteiger partial charge is 0.253 e. The molecule has 4 heterocycles. The predicted octanol–water partition coefficient (Wildman–Crippen LogP) is -0.438. The monoisotopic (exact) mass is 742 g/mol. The number of hydrogen-bond donors (Lipinski definition) is 0. The van der Waals surface area contributed by atoms with E-state index >= 15 is 0 Å². The largest absolute Gasteiger partial charge is 0.381 e. The molecule has 0 aromatic carbocycles. The first kappa shape index (κ1) is 41.1. The molecule has 17 nitrogen and oxygen atoms in total. The lowest BCUT2D eigenvalue weighted by Crippen LogP contribution is -2.32. The Labute approximate surface area is 307 Å². The van der Waals surface area contributed by atoms with Gasteiger partial charge in [0.15, 0.2) is 0 Å². The summed E-state index contributed by atoms with van der Waals surface area (Å²) >= 11 is 0. The zero-order chi connectivity index (χ0) is 38.0. The second-order valence-electron chi connectivity index (χ2n) is 12.6. The van der Waals surface area contributed by atoms with Crippen molar-refractivity contribution in [1.82, 2.24) is 19.6 Å². The highest BCUT2D eigenvalue weighted by Crippen LogP contribution is 2.11. The summed E-state index contributed by atoms with van der Waals surface area (Å²) in [6, 6.07) is 0. The van der Waals surface area contributed by atoms with E-state index in [1.54, 1.807) is 0 Å². The molecule has 0 fully saturated rings. The molecule has 0 aromatic rings. The summed E-state index contributed by atoms with van der Waals surface area (Å²) in [5.41, 5.74) is 0. The van der Waals surface area contributed by atoms with Crippen LogP contribution in [-0.2, 0) is 62.0 Å². The van der Waals surface area contributed by atoms with Crippen LogP contribution in [0.3, 0.4) is 0 Å². The minimum atomic E-state index is -0.353. The van der Waals surface area contributed by atoms with Gasteiger partial charge >= 0.3 is 0 Å². The van der Waals surface area contributed by atoms with Crippen LogP contribution in [0.25, 0.3) is 0 Å². The van der Waals surface area contributed by atoms with Crippen molar-refractivity contribution in [3.8, 4) is 0 Å². The van der Waals surface area contributed by atoms with Crippen LogP contribution in [-0.4, -0.2) is 159 Å². The fourth-order valence-electron chi connectivity index (χ4n) is 5.60. The van der Waals surface area contributed by atoms with Crippen molar-refractivity contribution in [3.63, 3.8) is 0 Å². The summed E-state index contributed by atoms with van der Waals surface area (Å²) in [7, 11) is 0. The maximum absolute atomic E-state index is 11.8. The van der Waals surface area contributed by atoms with Gasteiger partial charge in [0.1, 0.15) is 0 Å². The number of imide groups is 4. The zero-order valence-corrected chi connectivity index (χ0v) is 29.6. The van der Waals surface area contributed by atoms with E-state index in [0.29, 0.717) is 52.1 Å². The molecule has 4 aliphatic heterocycles. The van der Waals surface area contributed by atoms with Crippen LogP contribution in [0.4, 0.5) is 0 Å². The third-order valence-corrected chi connectivity index (χ3v) is 8.41. The summed E-state index contributed by atoms with van der Waals surface area (Å²) in [5, 5.41) is 0. The second kappa shape index (κ2) is 21.8. The molecule has 17 heteroatoms. The highest BCUT2D eigenvalue weighted by atomic mass is 16.5. The molecule has 53 heavy (non-hydrogen) atoms. The van der Waals surface area contributed by atoms with Crippen molar-refractivity contribution in [2.45, 2.75) is 25.7 Å². The molecular formula is C36H46N4O13. The van der Waals surface area contributed by atoms with Gasteiger partial charge in [-0.15, -0.1) is 0 Å². The minimum Gasteiger partial charge on any atom is -0.381 e. The molecule has 0 spiro atoms. The number of nitrogens with zero attached hydrogens (tertiary/aromatic N) is 4. The Balaban J connectivity index is 1.21. The van der Waals surface area contributed by atoms with E-state index in [2.05, 4.69) is 0 Å². The highest BCUT2D eigenvalue weighted by molar-refractivity contribution is 6.14. The lowest BCUT2D eigenvalue weighted by molar-refractivity contribution is -0.138. The molecule has 0 saturated heterocycles. The van der Waals surface area contributed by atoms with Crippen molar-refractivity contribution < 1.29 is 62.0 Å². The standard InChI is InChI=1S/C36H46N4O13/c41-29-5-6-30(42)37(29)13-1-17-49-21-27(22-50-18-2-14-38-31(43)7-8-32(38)44)25-53-26-28(23-51-19-3-15-39-33(45)9-10-34(39)46)24-52-20-4-16-40-35(47)11-12-36(40)48/h5-12,27-28H,1-4,13-26H2. The third kappa shape index (κ3) is 13.4.